The number of nitrogens with one attached hydrogen (secondary N) is 2. The highest BCUT2D eigenvalue weighted by atomic mass is 16.6. The summed E-state index contributed by atoms with van der Waals surface area (Å²) in [5, 5.41) is 5.51. The topological polar surface area (TPSA) is 80.3 Å². The molecule has 0 radical (unpaired) electrons. The summed E-state index contributed by atoms with van der Waals surface area (Å²) in [6.45, 7) is 7.74. The fourth-order valence-corrected chi connectivity index (χ4v) is 1.58. The molecule has 2 N–H and O–H groups in total. The second-order valence-electron chi connectivity index (χ2n) is 5.83. The van der Waals surface area contributed by atoms with Crippen LogP contribution in [0.3, 0.4) is 0 Å². The maximum Gasteiger partial charge on any atom is 0.407 e. The fourth-order valence-electron chi connectivity index (χ4n) is 1.58. The Bertz CT molecular complexity index is 469. The van der Waals surface area contributed by atoms with Gasteiger partial charge in [0, 0.05) is 25.0 Å². The van der Waals surface area contributed by atoms with Crippen molar-refractivity contribution in [3.05, 3.63) is 30.1 Å². The van der Waals surface area contributed by atoms with E-state index in [1.165, 1.54) is 6.20 Å². The summed E-state index contributed by atoms with van der Waals surface area (Å²) < 4.78 is 5.12. The Morgan fingerprint density at radius 2 is 2.10 bits per heavy atom. The van der Waals surface area contributed by atoms with E-state index in [0.717, 1.165) is 0 Å². The molecule has 1 aromatic heterocycles. The average molecular weight is 293 g/mol. The molecule has 116 valence electrons. The molecule has 0 saturated heterocycles. The van der Waals surface area contributed by atoms with Crippen LogP contribution in [0.5, 0.6) is 0 Å². The molecule has 1 rings (SSSR count). The minimum absolute atomic E-state index is 0.0624. The van der Waals surface area contributed by atoms with E-state index < -0.39 is 11.7 Å². The van der Waals surface area contributed by atoms with E-state index in [-0.39, 0.29) is 11.9 Å². The molecule has 0 bridgehead atoms. The number of nitrogens with zero attached hydrogens (tertiary/aromatic N) is 1. The molecule has 0 aromatic carbocycles. The van der Waals surface area contributed by atoms with E-state index in [4.69, 9.17) is 4.74 Å². The van der Waals surface area contributed by atoms with Gasteiger partial charge in [0.25, 0.3) is 5.91 Å². The van der Waals surface area contributed by atoms with Crippen LogP contribution < -0.4 is 10.6 Å². The van der Waals surface area contributed by atoms with Gasteiger partial charge in [0.2, 0.25) is 0 Å². The number of hydrogen-bond acceptors (Lipinski definition) is 4. The largest absolute Gasteiger partial charge is 0.444 e. The van der Waals surface area contributed by atoms with Crippen LogP contribution in [-0.4, -0.2) is 35.2 Å². The Balaban J connectivity index is 2.27. The molecule has 0 unspecified atom stereocenters. The predicted octanol–water partition coefficient (Wildman–Crippen LogP) is 2.11. The van der Waals surface area contributed by atoms with E-state index in [9.17, 15) is 9.59 Å². The van der Waals surface area contributed by atoms with Crippen molar-refractivity contribution in [1.29, 1.82) is 0 Å². The Labute approximate surface area is 125 Å². The standard InChI is InChI=1S/C15H23N3O3/c1-11(7-9-17-14(20)21-15(2,3)4)18-13(19)12-6-5-8-16-10-12/h5-6,8,10-11H,7,9H2,1-4H3,(H,17,20)(H,18,19)/t11-/m1/s1. The molecular weight excluding hydrogens is 270 g/mol. The maximum atomic E-state index is 11.9. The van der Waals surface area contributed by atoms with Crippen molar-refractivity contribution < 1.29 is 14.3 Å². The van der Waals surface area contributed by atoms with Crippen LogP contribution in [0.4, 0.5) is 4.79 Å². The first-order chi connectivity index (χ1) is 9.78. The molecule has 0 fully saturated rings. The van der Waals surface area contributed by atoms with E-state index in [1.807, 2.05) is 27.7 Å². The van der Waals surface area contributed by atoms with Crippen molar-refractivity contribution in [1.82, 2.24) is 15.6 Å². The van der Waals surface area contributed by atoms with Crippen LogP contribution in [0, 0.1) is 0 Å². The monoisotopic (exact) mass is 293 g/mol. The number of ether oxygens (including phenoxy) is 1. The molecule has 2 amide bonds. The Morgan fingerprint density at radius 1 is 1.38 bits per heavy atom. The lowest BCUT2D eigenvalue weighted by Gasteiger charge is -2.20. The quantitative estimate of drug-likeness (QED) is 0.871. The van der Waals surface area contributed by atoms with Gasteiger partial charge < -0.3 is 15.4 Å². The van der Waals surface area contributed by atoms with Gasteiger partial charge >= 0.3 is 6.09 Å². The van der Waals surface area contributed by atoms with Crippen LogP contribution in [0.25, 0.3) is 0 Å². The third kappa shape index (κ3) is 7.29. The smallest absolute Gasteiger partial charge is 0.407 e. The van der Waals surface area contributed by atoms with E-state index in [2.05, 4.69) is 15.6 Å². The van der Waals surface area contributed by atoms with Gasteiger partial charge in [-0.15, -0.1) is 0 Å². The van der Waals surface area contributed by atoms with Crippen molar-refractivity contribution in [3.63, 3.8) is 0 Å². The van der Waals surface area contributed by atoms with E-state index >= 15 is 0 Å². The molecule has 1 atom stereocenters. The third-order valence-electron chi connectivity index (χ3n) is 2.55. The summed E-state index contributed by atoms with van der Waals surface area (Å²) in [7, 11) is 0. The number of aromatic nitrogens is 1. The normalized spacial score (nSPS) is 12.4. The van der Waals surface area contributed by atoms with Gasteiger partial charge in [-0.25, -0.2) is 4.79 Å². The van der Waals surface area contributed by atoms with Gasteiger partial charge in [-0.2, -0.15) is 0 Å². The van der Waals surface area contributed by atoms with Gasteiger partial charge in [-0.3, -0.25) is 9.78 Å². The number of hydrogen-bond donors (Lipinski definition) is 2. The second-order valence-corrected chi connectivity index (χ2v) is 5.83. The van der Waals surface area contributed by atoms with Gasteiger partial charge in [-0.1, -0.05) is 0 Å². The highest BCUT2D eigenvalue weighted by Crippen LogP contribution is 2.06. The number of carbonyl (C=O) groups is 2. The maximum absolute atomic E-state index is 11.9. The van der Waals surface area contributed by atoms with Gasteiger partial charge in [0.1, 0.15) is 5.60 Å². The molecule has 1 aromatic rings. The lowest BCUT2D eigenvalue weighted by molar-refractivity contribution is 0.0526. The molecule has 0 spiro atoms. The van der Waals surface area contributed by atoms with Crippen molar-refractivity contribution >= 4 is 12.0 Å². The zero-order valence-corrected chi connectivity index (χ0v) is 13.0. The summed E-state index contributed by atoms with van der Waals surface area (Å²) in [5.41, 5.74) is 0.00831. The first kappa shape index (κ1) is 16.9. The molecule has 0 saturated carbocycles. The minimum atomic E-state index is -0.510. The third-order valence-corrected chi connectivity index (χ3v) is 2.55. The molecule has 6 heteroatoms. The zero-order valence-electron chi connectivity index (χ0n) is 13.0. The summed E-state index contributed by atoms with van der Waals surface area (Å²) in [5.74, 6) is -0.173. The molecule has 0 aliphatic heterocycles. The van der Waals surface area contributed by atoms with E-state index in [0.29, 0.717) is 18.5 Å². The highest BCUT2D eigenvalue weighted by Gasteiger charge is 2.16. The van der Waals surface area contributed by atoms with Crippen LogP contribution in [-0.2, 0) is 4.74 Å². The van der Waals surface area contributed by atoms with Crippen LogP contribution >= 0.6 is 0 Å². The first-order valence-electron chi connectivity index (χ1n) is 6.95. The van der Waals surface area contributed by atoms with Crippen molar-refractivity contribution in [2.75, 3.05) is 6.54 Å². The SMILES string of the molecule is C[C@H](CCNC(=O)OC(C)(C)C)NC(=O)c1cccnc1. The van der Waals surface area contributed by atoms with E-state index in [1.54, 1.807) is 18.3 Å². The fraction of sp³-hybridized carbons (Fsp3) is 0.533. The zero-order chi connectivity index (χ0) is 15.9. The van der Waals surface area contributed by atoms with Crippen LogP contribution in [0.1, 0.15) is 44.5 Å². The number of rotatable bonds is 5. The first-order valence-corrected chi connectivity index (χ1v) is 6.95. The van der Waals surface area contributed by atoms with Crippen LogP contribution in [0.15, 0.2) is 24.5 Å². The predicted molar refractivity (Wildman–Crippen MR) is 80.0 cm³/mol. The molecule has 0 aliphatic carbocycles. The molecule has 1 heterocycles. The summed E-state index contributed by atoms with van der Waals surface area (Å²) in [6, 6.07) is 3.35. The van der Waals surface area contributed by atoms with Crippen LogP contribution in [0.2, 0.25) is 0 Å². The second kappa shape index (κ2) is 7.61. The molecule has 21 heavy (non-hydrogen) atoms. The summed E-state index contributed by atoms with van der Waals surface area (Å²) in [4.78, 5) is 27.2. The lowest BCUT2D eigenvalue weighted by atomic mass is 10.2. The Kier molecular flexibility index (Phi) is 6.14. The van der Waals surface area contributed by atoms with Gasteiger partial charge in [-0.05, 0) is 46.2 Å². The highest BCUT2D eigenvalue weighted by molar-refractivity contribution is 5.93. The number of amides is 2. The molecule has 6 nitrogen and oxygen atoms in total. The Morgan fingerprint density at radius 3 is 2.67 bits per heavy atom. The average Bonchev–Trinajstić information content (AvgIpc) is 2.37. The Hall–Kier alpha value is -2.11. The molecule has 0 aliphatic rings. The minimum Gasteiger partial charge on any atom is -0.444 e. The number of alkyl carbamates (subject to hydrolysis) is 1. The summed E-state index contributed by atoms with van der Waals surface area (Å²) >= 11 is 0. The van der Waals surface area contributed by atoms with Crippen molar-refractivity contribution in [2.45, 2.75) is 45.8 Å². The van der Waals surface area contributed by atoms with Crippen molar-refractivity contribution in [3.8, 4) is 0 Å². The lowest BCUT2D eigenvalue weighted by Crippen LogP contribution is -2.37. The van der Waals surface area contributed by atoms with Crippen molar-refractivity contribution in [2.24, 2.45) is 0 Å². The number of pyridine rings is 1. The molecular formula is C15H23N3O3. The summed E-state index contributed by atoms with van der Waals surface area (Å²) in [6.07, 6.45) is 3.30. The van der Waals surface area contributed by atoms with Gasteiger partial charge in [0.15, 0.2) is 0 Å². The number of carbonyl (C=O) groups excluding carboxylic acids is 2. The van der Waals surface area contributed by atoms with Gasteiger partial charge in [0.05, 0.1) is 5.56 Å².